The summed E-state index contributed by atoms with van der Waals surface area (Å²) in [4.78, 5) is 10.9. The predicted octanol–water partition coefficient (Wildman–Crippen LogP) is 2.93. The first-order valence-electron chi connectivity index (χ1n) is 6.00. The van der Waals surface area contributed by atoms with Gasteiger partial charge in [-0.15, -0.1) is 13.2 Å². The minimum Gasteiger partial charge on any atom is -0.469 e. The molecule has 0 saturated carbocycles. The predicted molar refractivity (Wildman–Crippen MR) is 65.9 cm³/mol. The highest BCUT2D eigenvalue weighted by molar-refractivity contribution is 5.68. The van der Waals surface area contributed by atoms with Crippen LogP contribution >= 0.6 is 0 Å². The van der Waals surface area contributed by atoms with Crippen molar-refractivity contribution in [3.05, 3.63) is 29.8 Å². The molecular weight excluding hydrogens is 275 g/mol. The van der Waals surface area contributed by atoms with Crippen molar-refractivity contribution in [3.8, 4) is 5.75 Å². The average Bonchev–Trinajstić information content (AvgIpc) is 2.37. The van der Waals surface area contributed by atoms with Crippen molar-refractivity contribution in [3.63, 3.8) is 0 Å². The second-order valence-corrected chi connectivity index (χ2v) is 4.19. The summed E-state index contributed by atoms with van der Waals surface area (Å²) in [6, 6.07) is 5.03. The van der Waals surface area contributed by atoms with Crippen molar-refractivity contribution < 1.29 is 27.4 Å². The second-order valence-electron chi connectivity index (χ2n) is 4.19. The quantitative estimate of drug-likeness (QED) is 0.819. The summed E-state index contributed by atoms with van der Waals surface area (Å²) in [5.74, 6) is -0.603. The number of hydrogen-bond donors (Lipinski definition) is 1. The maximum absolute atomic E-state index is 12.0. The zero-order valence-corrected chi connectivity index (χ0v) is 10.9. The van der Waals surface area contributed by atoms with E-state index in [0.717, 1.165) is 0 Å². The number of alkyl halides is 3. The summed E-state index contributed by atoms with van der Waals surface area (Å²) < 4.78 is 44.2. The van der Waals surface area contributed by atoms with Crippen LogP contribution in [0, 0.1) is 0 Å². The minimum absolute atomic E-state index is 0.263. The number of hydrogen-bond acceptors (Lipinski definition) is 4. The Morgan fingerprint density at radius 1 is 1.30 bits per heavy atom. The summed E-state index contributed by atoms with van der Waals surface area (Å²) in [6.45, 7) is 0. The Balaban J connectivity index is 2.49. The van der Waals surface area contributed by atoms with Crippen LogP contribution in [0.15, 0.2) is 24.3 Å². The molecule has 0 aliphatic rings. The van der Waals surface area contributed by atoms with Crippen LogP contribution in [0.2, 0.25) is 0 Å². The van der Waals surface area contributed by atoms with Crippen molar-refractivity contribution in [2.75, 3.05) is 7.11 Å². The van der Waals surface area contributed by atoms with Crippen LogP contribution < -0.4 is 10.5 Å². The van der Waals surface area contributed by atoms with E-state index in [1.807, 2.05) is 0 Å². The normalized spacial score (nSPS) is 12.8. The van der Waals surface area contributed by atoms with Gasteiger partial charge in [0.2, 0.25) is 0 Å². The Bertz CT molecular complexity index is 431. The van der Waals surface area contributed by atoms with Gasteiger partial charge in [0.1, 0.15) is 5.75 Å². The van der Waals surface area contributed by atoms with Gasteiger partial charge in [0, 0.05) is 12.5 Å². The number of rotatable bonds is 6. The van der Waals surface area contributed by atoms with E-state index in [1.165, 1.54) is 31.4 Å². The minimum atomic E-state index is -4.70. The van der Waals surface area contributed by atoms with E-state index in [0.29, 0.717) is 18.4 Å². The van der Waals surface area contributed by atoms with Gasteiger partial charge < -0.3 is 15.2 Å². The molecule has 1 aromatic carbocycles. The molecule has 1 aromatic rings. The Hall–Kier alpha value is -1.76. The number of halogens is 3. The smallest absolute Gasteiger partial charge is 0.469 e. The van der Waals surface area contributed by atoms with Crippen molar-refractivity contribution >= 4 is 5.97 Å². The molecule has 0 bridgehead atoms. The lowest BCUT2D eigenvalue weighted by atomic mass is 10.0. The molecule has 20 heavy (non-hydrogen) atoms. The summed E-state index contributed by atoms with van der Waals surface area (Å²) >= 11 is 0. The Labute approximate surface area is 114 Å². The molecule has 7 heteroatoms. The van der Waals surface area contributed by atoms with E-state index in [-0.39, 0.29) is 24.2 Å². The van der Waals surface area contributed by atoms with Crippen LogP contribution in [0.5, 0.6) is 5.75 Å². The van der Waals surface area contributed by atoms with Gasteiger partial charge >= 0.3 is 12.3 Å². The van der Waals surface area contributed by atoms with Crippen LogP contribution in [0.3, 0.4) is 0 Å². The number of ether oxygens (including phenoxy) is 2. The fourth-order valence-corrected chi connectivity index (χ4v) is 1.65. The van der Waals surface area contributed by atoms with Crippen LogP contribution in [0.25, 0.3) is 0 Å². The van der Waals surface area contributed by atoms with E-state index in [4.69, 9.17) is 5.73 Å². The monoisotopic (exact) mass is 291 g/mol. The molecule has 2 N–H and O–H groups in total. The Morgan fingerprint density at radius 2 is 1.90 bits per heavy atom. The van der Waals surface area contributed by atoms with E-state index in [1.54, 1.807) is 0 Å². The third-order valence-electron chi connectivity index (χ3n) is 2.67. The van der Waals surface area contributed by atoms with Gasteiger partial charge in [-0.2, -0.15) is 0 Å². The Morgan fingerprint density at radius 3 is 2.40 bits per heavy atom. The van der Waals surface area contributed by atoms with E-state index in [9.17, 15) is 18.0 Å². The fourth-order valence-electron chi connectivity index (χ4n) is 1.65. The van der Waals surface area contributed by atoms with Gasteiger partial charge in [0.25, 0.3) is 0 Å². The summed E-state index contributed by atoms with van der Waals surface area (Å²) in [5.41, 5.74) is 6.57. The van der Waals surface area contributed by atoms with Crippen LogP contribution in [-0.2, 0) is 9.53 Å². The number of carbonyl (C=O) groups excluding carboxylic acids is 1. The van der Waals surface area contributed by atoms with Gasteiger partial charge in [-0.25, -0.2) is 0 Å². The highest BCUT2D eigenvalue weighted by atomic mass is 19.4. The van der Waals surface area contributed by atoms with Gasteiger partial charge in [0.15, 0.2) is 0 Å². The van der Waals surface area contributed by atoms with Crippen molar-refractivity contribution in [2.24, 2.45) is 5.73 Å². The van der Waals surface area contributed by atoms with Crippen LogP contribution in [0.4, 0.5) is 13.2 Å². The van der Waals surface area contributed by atoms with E-state index in [2.05, 4.69) is 9.47 Å². The highest BCUT2D eigenvalue weighted by Gasteiger charge is 2.30. The molecule has 0 aromatic heterocycles. The number of benzene rings is 1. The fraction of sp³-hybridized carbons (Fsp3) is 0.462. The molecule has 0 heterocycles. The molecule has 1 unspecified atom stereocenters. The molecule has 0 fully saturated rings. The first-order valence-corrected chi connectivity index (χ1v) is 6.00. The standard InChI is InChI=1S/C13H16F3NO3/c1-19-12(18)4-2-3-11(17)9-5-7-10(8-6-9)20-13(14,15)16/h5-8,11H,2-4,17H2,1H3. The number of carbonyl (C=O) groups is 1. The molecule has 0 saturated heterocycles. The molecule has 4 nitrogen and oxygen atoms in total. The van der Waals surface area contributed by atoms with Crippen molar-refractivity contribution in [2.45, 2.75) is 31.7 Å². The zero-order chi connectivity index (χ0) is 15.2. The SMILES string of the molecule is COC(=O)CCCC(N)c1ccc(OC(F)(F)F)cc1. The van der Waals surface area contributed by atoms with Crippen molar-refractivity contribution in [1.29, 1.82) is 0 Å². The lowest BCUT2D eigenvalue weighted by Crippen LogP contribution is -2.17. The van der Waals surface area contributed by atoms with Gasteiger partial charge in [-0.1, -0.05) is 12.1 Å². The largest absolute Gasteiger partial charge is 0.573 e. The first kappa shape index (κ1) is 16.3. The topological polar surface area (TPSA) is 61.5 Å². The number of esters is 1. The molecule has 0 aliphatic heterocycles. The maximum atomic E-state index is 12.0. The van der Waals surface area contributed by atoms with Crippen LogP contribution in [-0.4, -0.2) is 19.4 Å². The van der Waals surface area contributed by atoms with E-state index < -0.39 is 6.36 Å². The number of methoxy groups -OCH3 is 1. The zero-order valence-electron chi connectivity index (χ0n) is 10.9. The van der Waals surface area contributed by atoms with Crippen molar-refractivity contribution in [1.82, 2.24) is 0 Å². The van der Waals surface area contributed by atoms with Gasteiger partial charge in [-0.3, -0.25) is 4.79 Å². The Kier molecular flexibility index (Phi) is 5.82. The molecule has 1 rings (SSSR count). The molecule has 0 radical (unpaired) electrons. The molecule has 1 atom stereocenters. The maximum Gasteiger partial charge on any atom is 0.573 e. The lowest BCUT2D eigenvalue weighted by molar-refractivity contribution is -0.274. The summed E-state index contributed by atoms with van der Waals surface area (Å²) in [7, 11) is 1.31. The third kappa shape index (κ3) is 5.92. The average molecular weight is 291 g/mol. The summed E-state index contributed by atoms with van der Waals surface area (Å²) in [5, 5.41) is 0. The van der Waals surface area contributed by atoms with Gasteiger partial charge in [0.05, 0.1) is 7.11 Å². The molecule has 112 valence electrons. The molecular formula is C13H16F3NO3. The third-order valence-corrected chi connectivity index (χ3v) is 2.67. The summed E-state index contributed by atoms with van der Waals surface area (Å²) in [6.07, 6.45) is -3.35. The molecule has 0 aliphatic carbocycles. The number of nitrogens with two attached hydrogens (primary N) is 1. The highest BCUT2D eigenvalue weighted by Crippen LogP contribution is 2.25. The lowest BCUT2D eigenvalue weighted by Gasteiger charge is -2.13. The second kappa shape index (κ2) is 7.14. The molecule has 0 spiro atoms. The first-order chi connectivity index (χ1) is 9.31. The van der Waals surface area contributed by atoms with Gasteiger partial charge in [-0.05, 0) is 30.5 Å². The van der Waals surface area contributed by atoms with E-state index >= 15 is 0 Å². The van der Waals surface area contributed by atoms with Crippen LogP contribution in [0.1, 0.15) is 30.9 Å². The molecule has 0 amide bonds.